The van der Waals surface area contributed by atoms with E-state index >= 15 is 0 Å². The van der Waals surface area contributed by atoms with Gasteiger partial charge in [-0.2, -0.15) is 5.10 Å². The van der Waals surface area contributed by atoms with Crippen molar-refractivity contribution in [2.24, 2.45) is 5.10 Å². The lowest BCUT2D eigenvalue weighted by Gasteiger charge is -2.21. The van der Waals surface area contributed by atoms with Crippen molar-refractivity contribution in [3.8, 4) is 0 Å². The first kappa shape index (κ1) is 13.7. The van der Waals surface area contributed by atoms with E-state index in [1.807, 2.05) is 24.3 Å². The second-order valence-corrected chi connectivity index (χ2v) is 5.89. The smallest absolute Gasteiger partial charge is 0.0730 e. The third-order valence-electron chi connectivity index (χ3n) is 3.47. The van der Waals surface area contributed by atoms with Crippen molar-refractivity contribution < 1.29 is 0 Å². The maximum atomic E-state index is 5.93. The lowest BCUT2D eigenvalue weighted by molar-refractivity contribution is 0.965. The van der Waals surface area contributed by atoms with Gasteiger partial charge in [-0.15, -0.1) is 0 Å². The van der Waals surface area contributed by atoms with Gasteiger partial charge in [0.2, 0.25) is 0 Å². The number of hydrogen-bond acceptors (Lipinski definition) is 4. The molecule has 0 saturated heterocycles. The van der Waals surface area contributed by atoms with Crippen LogP contribution in [0.25, 0.3) is 5.70 Å². The summed E-state index contributed by atoms with van der Waals surface area (Å²) in [5.74, 6) is 0. The Morgan fingerprint density at radius 1 is 1.05 bits per heavy atom. The topological polar surface area (TPSA) is 76.4 Å². The lowest BCUT2D eigenvalue weighted by atomic mass is 9.94. The molecule has 0 aromatic heterocycles. The highest BCUT2D eigenvalue weighted by Crippen LogP contribution is 2.29. The minimum absolute atomic E-state index is 0.557. The number of fused-ring (bicyclic) bond motifs is 1. The minimum Gasteiger partial charge on any atom is -0.397 e. The van der Waals surface area contributed by atoms with Crippen molar-refractivity contribution >= 4 is 38.7 Å². The predicted molar refractivity (Wildman–Crippen MR) is 91.8 cm³/mol. The summed E-state index contributed by atoms with van der Waals surface area (Å²) in [5.41, 5.74) is 20.6. The summed E-state index contributed by atoms with van der Waals surface area (Å²) in [5, 5.41) is 4.40. The number of rotatable bonds is 2. The van der Waals surface area contributed by atoms with E-state index in [0.717, 1.165) is 27.0 Å². The molecule has 1 heterocycles. The SMILES string of the molecule is C=C1NN=C(Cc2ccc(Br)cc2)c2cc(N)c(N)cc21. The average molecular weight is 343 g/mol. The van der Waals surface area contributed by atoms with E-state index in [9.17, 15) is 0 Å². The number of hydrazone groups is 1. The van der Waals surface area contributed by atoms with E-state index in [2.05, 4.69) is 45.2 Å². The summed E-state index contributed by atoms with van der Waals surface area (Å²) in [6, 6.07) is 11.9. The third kappa shape index (κ3) is 2.64. The van der Waals surface area contributed by atoms with Gasteiger partial charge in [-0.25, -0.2) is 0 Å². The zero-order valence-electron chi connectivity index (χ0n) is 11.4. The standard InChI is InChI=1S/C16H15BrN4/c1-9-12-7-14(18)15(19)8-13(12)16(21-20-9)6-10-2-4-11(17)5-3-10/h2-5,7-8,20H,1,6,18-19H2. The van der Waals surface area contributed by atoms with E-state index < -0.39 is 0 Å². The van der Waals surface area contributed by atoms with Crippen LogP contribution in [0.3, 0.4) is 0 Å². The largest absolute Gasteiger partial charge is 0.397 e. The highest BCUT2D eigenvalue weighted by molar-refractivity contribution is 9.10. The Morgan fingerprint density at radius 2 is 1.67 bits per heavy atom. The number of nitrogens with zero attached hydrogens (tertiary/aromatic N) is 1. The maximum absolute atomic E-state index is 5.93. The van der Waals surface area contributed by atoms with Gasteiger partial charge < -0.3 is 11.5 Å². The zero-order valence-corrected chi connectivity index (χ0v) is 12.9. The number of halogens is 1. The van der Waals surface area contributed by atoms with Crippen molar-refractivity contribution in [2.45, 2.75) is 6.42 Å². The quantitative estimate of drug-likeness (QED) is 0.733. The van der Waals surface area contributed by atoms with Gasteiger partial charge in [0, 0.05) is 22.0 Å². The normalized spacial score (nSPS) is 13.4. The zero-order chi connectivity index (χ0) is 15.0. The Hall–Kier alpha value is -2.27. The highest BCUT2D eigenvalue weighted by Gasteiger charge is 2.18. The summed E-state index contributed by atoms with van der Waals surface area (Å²) in [7, 11) is 0. The Labute approximate surface area is 131 Å². The van der Waals surface area contributed by atoms with Crippen molar-refractivity contribution in [1.82, 2.24) is 5.43 Å². The van der Waals surface area contributed by atoms with Crippen molar-refractivity contribution in [3.63, 3.8) is 0 Å². The molecular weight excluding hydrogens is 328 g/mol. The molecule has 0 radical (unpaired) electrons. The second-order valence-electron chi connectivity index (χ2n) is 4.98. The molecule has 1 aliphatic heterocycles. The molecule has 0 amide bonds. The molecule has 5 N–H and O–H groups in total. The number of nitrogen functional groups attached to an aromatic ring is 2. The molecule has 0 atom stereocenters. The number of nitrogens with two attached hydrogens (primary N) is 2. The number of benzene rings is 2. The van der Waals surface area contributed by atoms with Crippen LogP contribution in [0.1, 0.15) is 16.7 Å². The van der Waals surface area contributed by atoms with Gasteiger partial charge in [-0.3, -0.25) is 5.43 Å². The summed E-state index contributed by atoms with van der Waals surface area (Å²) in [6.07, 6.45) is 0.712. The van der Waals surface area contributed by atoms with E-state index in [0.29, 0.717) is 17.8 Å². The molecular formula is C16H15BrN4. The van der Waals surface area contributed by atoms with Gasteiger partial charge in [0.25, 0.3) is 0 Å². The van der Waals surface area contributed by atoms with Crippen LogP contribution in [0, 0.1) is 0 Å². The highest BCUT2D eigenvalue weighted by atomic mass is 79.9. The van der Waals surface area contributed by atoms with Crippen molar-refractivity contribution in [3.05, 3.63) is 64.1 Å². The molecule has 0 unspecified atom stereocenters. The summed E-state index contributed by atoms with van der Waals surface area (Å²) in [4.78, 5) is 0. The molecule has 5 heteroatoms. The van der Waals surface area contributed by atoms with Crippen LogP contribution in [0.2, 0.25) is 0 Å². The van der Waals surface area contributed by atoms with Crippen LogP contribution in [0.15, 0.2) is 52.6 Å². The van der Waals surface area contributed by atoms with Crippen LogP contribution in [0.4, 0.5) is 11.4 Å². The first-order chi connectivity index (χ1) is 10.0. The average Bonchev–Trinajstić information content (AvgIpc) is 2.46. The van der Waals surface area contributed by atoms with Crippen molar-refractivity contribution in [1.29, 1.82) is 0 Å². The fourth-order valence-corrected chi connectivity index (χ4v) is 2.57. The van der Waals surface area contributed by atoms with Gasteiger partial charge in [-0.1, -0.05) is 34.6 Å². The summed E-state index contributed by atoms with van der Waals surface area (Å²) in [6.45, 7) is 3.96. The first-order valence-corrected chi connectivity index (χ1v) is 7.29. The predicted octanol–water partition coefficient (Wildman–Crippen LogP) is 3.13. The van der Waals surface area contributed by atoms with Gasteiger partial charge in [0.1, 0.15) is 0 Å². The molecule has 2 aromatic carbocycles. The fourth-order valence-electron chi connectivity index (χ4n) is 2.31. The third-order valence-corrected chi connectivity index (χ3v) is 4.00. The molecule has 2 aromatic rings. The number of nitrogens with one attached hydrogen (secondary N) is 1. The van der Waals surface area contributed by atoms with E-state index in [-0.39, 0.29) is 0 Å². The molecule has 106 valence electrons. The Kier molecular flexibility index (Phi) is 3.43. The van der Waals surface area contributed by atoms with Crippen LogP contribution in [-0.2, 0) is 6.42 Å². The summed E-state index contributed by atoms with van der Waals surface area (Å²) >= 11 is 3.44. The van der Waals surface area contributed by atoms with Crippen LogP contribution in [0.5, 0.6) is 0 Å². The van der Waals surface area contributed by atoms with Crippen LogP contribution < -0.4 is 16.9 Å². The monoisotopic (exact) mass is 342 g/mol. The molecule has 0 saturated carbocycles. The molecule has 3 rings (SSSR count). The van der Waals surface area contributed by atoms with E-state index in [4.69, 9.17) is 11.5 Å². The Balaban J connectivity index is 2.00. The van der Waals surface area contributed by atoms with Gasteiger partial charge >= 0.3 is 0 Å². The molecule has 0 aliphatic carbocycles. The van der Waals surface area contributed by atoms with Crippen LogP contribution >= 0.6 is 15.9 Å². The minimum atomic E-state index is 0.557. The number of hydrogen-bond donors (Lipinski definition) is 3. The number of anilines is 2. The fraction of sp³-hybridized carbons (Fsp3) is 0.0625. The molecule has 0 bridgehead atoms. The molecule has 4 nitrogen and oxygen atoms in total. The molecule has 1 aliphatic rings. The molecule has 0 fully saturated rings. The van der Waals surface area contributed by atoms with Crippen LogP contribution in [-0.4, -0.2) is 5.71 Å². The van der Waals surface area contributed by atoms with Crippen molar-refractivity contribution in [2.75, 3.05) is 11.5 Å². The van der Waals surface area contributed by atoms with E-state index in [1.165, 1.54) is 5.56 Å². The first-order valence-electron chi connectivity index (χ1n) is 6.50. The summed E-state index contributed by atoms with van der Waals surface area (Å²) < 4.78 is 1.06. The van der Waals surface area contributed by atoms with Gasteiger partial charge in [0.05, 0.1) is 22.8 Å². The molecule has 0 spiro atoms. The maximum Gasteiger partial charge on any atom is 0.0730 e. The van der Waals surface area contributed by atoms with Gasteiger partial charge in [-0.05, 0) is 29.8 Å². The lowest BCUT2D eigenvalue weighted by Crippen LogP contribution is -2.21. The Bertz CT molecular complexity index is 748. The Morgan fingerprint density at radius 3 is 2.33 bits per heavy atom. The van der Waals surface area contributed by atoms with Gasteiger partial charge in [0.15, 0.2) is 0 Å². The second kappa shape index (κ2) is 5.26. The van der Waals surface area contributed by atoms with E-state index in [1.54, 1.807) is 0 Å². The molecule has 21 heavy (non-hydrogen) atoms.